The summed E-state index contributed by atoms with van der Waals surface area (Å²) in [5.41, 5.74) is 0.0559. The third-order valence-corrected chi connectivity index (χ3v) is 2.53. The molecule has 0 heterocycles. The van der Waals surface area contributed by atoms with Gasteiger partial charge in [-0.1, -0.05) is 12.1 Å². The molecule has 0 radical (unpaired) electrons. The first-order valence-electron chi connectivity index (χ1n) is 3.53. The number of benzene rings is 1. The number of halogens is 4. The van der Waals surface area contributed by atoms with Gasteiger partial charge >= 0.3 is 6.98 Å². The van der Waals surface area contributed by atoms with Gasteiger partial charge in [-0.3, -0.25) is 0 Å². The predicted octanol–water partition coefficient (Wildman–Crippen LogP) is 2.78. The Kier molecular flexibility index (Phi) is 3.56. The Morgan fingerprint density at radius 2 is 1.85 bits per heavy atom. The minimum Gasteiger partial charge on any atom is -0.445 e. The topological polar surface area (TPSA) is 0 Å². The molecule has 0 aromatic heterocycles. The Morgan fingerprint density at radius 3 is 2.31 bits per heavy atom. The summed E-state index contributed by atoms with van der Waals surface area (Å²) in [5, 5.41) is 0. The fourth-order valence-electron chi connectivity index (χ4n) is 0.956. The molecular formula is C7H6BF3IS-. The van der Waals surface area contributed by atoms with Crippen molar-refractivity contribution in [2.24, 2.45) is 0 Å². The third-order valence-electron chi connectivity index (χ3n) is 1.54. The van der Waals surface area contributed by atoms with E-state index < -0.39 is 12.4 Å². The molecule has 1 aromatic carbocycles. The van der Waals surface area contributed by atoms with Crippen LogP contribution in [0, 0.1) is 3.57 Å². The number of hydrogen-bond acceptors (Lipinski definition) is 1. The van der Waals surface area contributed by atoms with E-state index >= 15 is 0 Å². The van der Waals surface area contributed by atoms with Crippen LogP contribution >= 0.6 is 35.2 Å². The fourth-order valence-corrected chi connectivity index (χ4v) is 1.90. The smallest absolute Gasteiger partial charge is 0.445 e. The van der Waals surface area contributed by atoms with E-state index in [1.54, 1.807) is 6.07 Å². The highest BCUT2D eigenvalue weighted by molar-refractivity contribution is 14.1. The first kappa shape index (κ1) is 11.2. The highest BCUT2D eigenvalue weighted by atomic mass is 127. The average molecular weight is 317 g/mol. The normalized spacial score (nSPS) is 11.8. The van der Waals surface area contributed by atoms with Gasteiger partial charge in [0.25, 0.3) is 0 Å². The van der Waals surface area contributed by atoms with Crippen molar-refractivity contribution in [2.75, 3.05) is 0 Å². The molecular weight excluding hydrogens is 311 g/mol. The van der Waals surface area contributed by atoms with Crippen LogP contribution in [0.2, 0.25) is 0 Å². The van der Waals surface area contributed by atoms with Crippen LogP contribution in [0.3, 0.4) is 0 Å². The maximum absolute atomic E-state index is 12.3. The molecule has 6 heteroatoms. The average Bonchev–Trinajstić information content (AvgIpc) is 2.01. The molecule has 0 N–H and O–H groups in total. The maximum atomic E-state index is 12.3. The van der Waals surface area contributed by atoms with Crippen LogP contribution in [0.4, 0.5) is 12.9 Å². The molecule has 0 saturated heterocycles. The van der Waals surface area contributed by atoms with E-state index in [-0.39, 0.29) is 0 Å². The van der Waals surface area contributed by atoms with E-state index in [0.29, 0.717) is 14.9 Å². The zero-order chi connectivity index (χ0) is 10.1. The zero-order valence-electron chi connectivity index (χ0n) is 6.48. The van der Waals surface area contributed by atoms with Crippen molar-refractivity contribution in [1.29, 1.82) is 0 Å². The Balaban J connectivity index is 3.16. The largest absolute Gasteiger partial charge is 0.509 e. The third kappa shape index (κ3) is 3.09. The van der Waals surface area contributed by atoms with Gasteiger partial charge in [0.15, 0.2) is 0 Å². The molecule has 13 heavy (non-hydrogen) atoms. The lowest BCUT2D eigenvalue weighted by Crippen LogP contribution is -2.34. The van der Waals surface area contributed by atoms with Crippen molar-refractivity contribution in [1.82, 2.24) is 0 Å². The number of thiol groups is 1. The van der Waals surface area contributed by atoms with Gasteiger partial charge in [0.05, 0.1) is 0 Å². The summed E-state index contributed by atoms with van der Waals surface area (Å²) in [5.74, 6) is 0.329. The molecule has 0 amide bonds. The van der Waals surface area contributed by atoms with Crippen LogP contribution < -0.4 is 5.46 Å². The summed E-state index contributed by atoms with van der Waals surface area (Å²) in [7, 11) is 0. The molecule has 0 aliphatic rings. The quantitative estimate of drug-likeness (QED) is 0.484. The standard InChI is InChI=1S/C7H6BF3IS/c9-8(10,11)6-1-5(4-13)2-7(12)3-6/h1-3,13H,4H2/q-1. The van der Waals surface area contributed by atoms with E-state index in [9.17, 15) is 12.9 Å². The summed E-state index contributed by atoms with van der Waals surface area (Å²) >= 11 is 5.81. The number of hydrogen-bond donors (Lipinski definition) is 1. The molecule has 0 fully saturated rings. The lowest BCUT2D eigenvalue weighted by atomic mass is 9.79. The van der Waals surface area contributed by atoms with Gasteiger partial charge in [-0.05, 0) is 34.2 Å². The van der Waals surface area contributed by atoms with E-state index in [4.69, 9.17) is 0 Å². The molecule has 0 nitrogen and oxygen atoms in total. The molecule has 0 bridgehead atoms. The van der Waals surface area contributed by atoms with Gasteiger partial charge in [0.2, 0.25) is 0 Å². The van der Waals surface area contributed by atoms with Crippen molar-refractivity contribution in [3.05, 3.63) is 27.3 Å². The Morgan fingerprint density at radius 1 is 1.23 bits per heavy atom. The highest BCUT2D eigenvalue weighted by Crippen LogP contribution is 2.14. The van der Waals surface area contributed by atoms with Crippen molar-refractivity contribution in [3.63, 3.8) is 0 Å². The van der Waals surface area contributed by atoms with Crippen molar-refractivity contribution >= 4 is 47.7 Å². The van der Waals surface area contributed by atoms with Crippen LogP contribution in [0.5, 0.6) is 0 Å². The van der Waals surface area contributed by atoms with E-state index in [0.717, 1.165) is 12.1 Å². The molecule has 1 rings (SSSR count). The summed E-state index contributed by atoms with van der Waals surface area (Å²) in [6, 6.07) is 3.99. The van der Waals surface area contributed by atoms with Crippen molar-refractivity contribution in [3.8, 4) is 0 Å². The Bertz CT molecular complexity index is 313. The molecule has 0 atom stereocenters. The molecule has 0 spiro atoms. The molecule has 1 aromatic rings. The van der Waals surface area contributed by atoms with Crippen LogP contribution in [-0.4, -0.2) is 6.98 Å². The van der Waals surface area contributed by atoms with Crippen LogP contribution in [0.1, 0.15) is 5.56 Å². The maximum Gasteiger partial charge on any atom is 0.509 e. The molecule has 0 aliphatic carbocycles. The summed E-state index contributed by atoms with van der Waals surface area (Å²) < 4.78 is 37.6. The van der Waals surface area contributed by atoms with Gasteiger partial charge in [-0.15, -0.1) is 5.46 Å². The minimum atomic E-state index is -4.89. The minimum absolute atomic E-state index is 0.329. The molecule has 0 saturated carbocycles. The second-order valence-electron chi connectivity index (χ2n) is 2.63. The second-order valence-corrected chi connectivity index (χ2v) is 4.19. The summed E-state index contributed by atoms with van der Waals surface area (Å²) in [6.07, 6.45) is 0. The van der Waals surface area contributed by atoms with Crippen molar-refractivity contribution < 1.29 is 12.9 Å². The lowest BCUT2D eigenvalue weighted by molar-refractivity contribution is 0.501. The van der Waals surface area contributed by atoms with Crippen LogP contribution in [-0.2, 0) is 5.75 Å². The van der Waals surface area contributed by atoms with E-state index in [1.165, 1.54) is 0 Å². The van der Waals surface area contributed by atoms with Gasteiger partial charge in [-0.2, -0.15) is 12.6 Å². The summed E-state index contributed by atoms with van der Waals surface area (Å²) in [6.45, 7) is -4.89. The fraction of sp³-hybridized carbons (Fsp3) is 0.143. The Hall–Kier alpha value is 0.155. The molecule has 0 unspecified atom stereocenters. The van der Waals surface area contributed by atoms with Gasteiger partial charge in [-0.25, -0.2) is 0 Å². The van der Waals surface area contributed by atoms with Gasteiger partial charge in [0.1, 0.15) is 0 Å². The summed E-state index contributed by atoms with van der Waals surface area (Å²) in [4.78, 5) is 0. The zero-order valence-corrected chi connectivity index (χ0v) is 9.53. The molecule has 72 valence electrons. The van der Waals surface area contributed by atoms with E-state index in [1.807, 2.05) is 22.6 Å². The second kappa shape index (κ2) is 4.12. The van der Waals surface area contributed by atoms with Crippen LogP contribution in [0.15, 0.2) is 18.2 Å². The van der Waals surface area contributed by atoms with Crippen molar-refractivity contribution in [2.45, 2.75) is 5.75 Å². The first-order chi connectivity index (χ1) is 5.93. The lowest BCUT2D eigenvalue weighted by Gasteiger charge is -2.16. The van der Waals surface area contributed by atoms with Gasteiger partial charge in [0, 0.05) is 9.32 Å². The molecule has 0 aliphatic heterocycles. The van der Waals surface area contributed by atoms with Gasteiger partial charge < -0.3 is 12.9 Å². The Labute approximate surface area is 93.5 Å². The SMILES string of the molecule is F[B-](F)(F)c1cc(I)cc(CS)c1. The predicted molar refractivity (Wildman–Crippen MR) is 60.6 cm³/mol. The first-order valence-corrected chi connectivity index (χ1v) is 5.25. The van der Waals surface area contributed by atoms with E-state index in [2.05, 4.69) is 12.6 Å². The number of rotatable bonds is 2. The monoisotopic (exact) mass is 317 g/mol. The highest BCUT2D eigenvalue weighted by Gasteiger charge is 2.25. The van der Waals surface area contributed by atoms with Crippen LogP contribution in [0.25, 0.3) is 0 Å².